The Bertz CT molecular complexity index is 2160. The van der Waals surface area contributed by atoms with Gasteiger partial charge in [0.2, 0.25) is 17.7 Å². The lowest BCUT2D eigenvalue weighted by Crippen LogP contribution is -2.52. The third kappa shape index (κ3) is 6.35. The number of carbonyl (C=O) groups is 4. The third-order valence-electron chi connectivity index (χ3n) is 11.9. The van der Waals surface area contributed by atoms with Crippen molar-refractivity contribution in [3.05, 3.63) is 76.3 Å². The number of imide groups is 1. The topological polar surface area (TPSA) is 122 Å². The van der Waals surface area contributed by atoms with Crippen molar-refractivity contribution in [2.24, 2.45) is 5.92 Å². The van der Waals surface area contributed by atoms with E-state index in [1.54, 1.807) is 6.07 Å². The van der Waals surface area contributed by atoms with E-state index >= 15 is 4.39 Å². The van der Waals surface area contributed by atoms with Gasteiger partial charge in [-0.2, -0.15) is 0 Å². The maximum absolute atomic E-state index is 15.4. The molecule has 0 bridgehead atoms. The predicted octanol–water partition coefficient (Wildman–Crippen LogP) is 5.62. The van der Waals surface area contributed by atoms with Gasteiger partial charge in [0.1, 0.15) is 17.5 Å². The van der Waals surface area contributed by atoms with Crippen LogP contribution < -0.4 is 15.1 Å². The van der Waals surface area contributed by atoms with Crippen LogP contribution in [0.5, 0.6) is 0 Å². The third-order valence-corrected chi connectivity index (χ3v) is 12.2. The molecule has 4 aromatic rings. The lowest BCUT2D eigenvalue weighted by atomic mass is 9.92. The van der Waals surface area contributed by atoms with Crippen molar-refractivity contribution in [1.82, 2.24) is 25.1 Å². The zero-order valence-corrected chi connectivity index (χ0v) is 30.1. The zero-order valence-electron chi connectivity index (χ0n) is 29.4. The fourth-order valence-corrected chi connectivity index (χ4v) is 9.03. The lowest BCUT2D eigenvalue weighted by Gasteiger charge is -2.37. The number of amides is 4. The molecule has 4 aliphatic heterocycles. The van der Waals surface area contributed by atoms with Gasteiger partial charge in [-0.1, -0.05) is 23.7 Å². The number of piperazine rings is 1. The Morgan fingerprint density at radius 2 is 1.75 bits per heavy atom. The minimum absolute atomic E-state index is 0.0753. The number of benzene rings is 2. The van der Waals surface area contributed by atoms with Crippen LogP contribution in [-0.2, 0) is 20.9 Å². The summed E-state index contributed by atoms with van der Waals surface area (Å²) in [6, 6.07) is 10.3. The number of halogens is 2. The first-order valence-electron chi connectivity index (χ1n) is 18.7. The van der Waals surface area contributed by atoms with Crippen LogP contribution in [0.2, 0.25) is 5.02 Å². The Hall–Kier alpha value is -4.81. The van der Waals surface area contributed by atoms with Gasteiger partial charge in [-0.05, 0) is 97.9 Å². The van der Waals surface area contributed by atoms with Crippen molar-refractivity contribution >= 4 is 57.6 Å². The number of rotatable bonds is 8. The Morgan fingerprint density at radius 3 is 2.53 bits per heavy atom. The van der Waals surface area contributed by atoms with E-state index in [0.717, 1.165) is 60.2 Å². The second-order valence-corrected chi connectivity index (χ2v) is 15.6. The highest BCUT2D eigenvalue weighted by molar-refractivity contribution is 6.38. The summed E-state index contributed by atoms with van der Waals surface area (Å²) < 4.78 is 15.4. The van der Waals surface area contributed by atoms with Crippen LogP contribution >= 0.6 is 11.6 Å². The van der Waals surface area contributed by atoms with E-state index in [1.165, 1.54) is 29.4 Å². The number of aromatic amines is 1. The SMILES string of the molecule is O=C1CCC(N2Cc3cc(N4CCC(CCN5CCN(c6cccc(-c7cnc8[nH]cc(C9CC9)c8c7Cl)c6)C(=O)C5)CC4)c(F)cc3C2=O)C(=O)N1. The van der Waals surface area contributed by atoms with Crippen molar-refractivity contribution in [3.8, 4) is 11.1 Å². The van der Waals surface area contributed by atoms with Gasteiger partial charge < -0.3 is 19.7 Å². The van der Waals surface area contributed by atoms with E-state index in [2.05, 4.69) is 20.2 Å². The molecule has 4 fully saturated rings. The second-order valence-electron chi connectivity index (χ2n) is 15.2. The standard InChI is InChI=1S/C40H41ClFN7O4/c41-37-30(20-44-38-36(37)29(19-43-38)24-4-5-24)25-2-1-3-27(16-25)48-15-14-46(22-35(48)51)11-8-23-9-12-47(13-10-23)33-17-26-21-49(40(53)28(26)18-31(33)42)32-6-7-34(50)45-39(32)52/h1-3,16-20,23-24,32H,4-15,21-22H2,(H,43,44)(H,45,50,52). The lowest BCUT2D eigenvalue weighted by molar-refractivity contribution is -0.137. The van der Waals surface area contributed by atoms with E-state index in [1.807, 2.05) is 46.5 Å². The summed E-state index contributed by atoms with van der Waals surface area (Å²) in [6.07, 6.45) is 9.43. The fraction of sp³-hybridized carbons (Fsp3) is 0.425. The Morgan fingerprint density at radius 1 is 0.925 bits per heavy atom. The fourth-order valence-electron chi connectivity index (χ4n) is 8.67. The molecular weight excluding hydrogens is 697 g/mol. The minimum Gasteiger partial charge on any atom is -0.369 e. The summed E-state index contributed by atoms with van der Waals surface area (Å²) >= 11 is 6.99. The molecule has 1 atom stereocenters. The highest BCUT2D eigenvalue weighted by Crippen LogP contribution is 2.46. The molecule has 1 aliphatic carbocycles. The van der Waals surface area contributed by atoms with Crippen LogP contribution in [0.3, 0.4) is 0 Å². The average Bonchev–Trinajstić information content (AvgIpc) is 3.83. The highest BCUT2D eigenvalue weighted by Gasteiger charge is 2.40. The summed E-state index contributed by atoms with van der Waals surface area (Å²) in [5.74, 6) is -0.541. The van der Waals surface area contributed by atoms with Gasteiger partial charge in [-0.3, -0.25) is 29.4 Å². The molecule has 1 unspecified atom stereocenters. The number of hydrogen-bond donors (Lipinski definition) is 2. The quantitative estimate of drug-likeness (QED) is 0.226. The number of hydrogen-bond acceptors (Lipinski definition) is 7. The molecule has 2 aromatic carbocycles. The molecule has 53 heavy (non-hydrogen) atoms. The average molecular weight is 738 g/mol. The number of aromatic nitrogens is 2. The van der Waals surface area contributed by atoms with Crippen LogP contribution in [0, 0.1) is 11.7 Å². The zero-order chi connectivity index (χ0) is 36.4. The molecule has 1 saturated carbocycles. The first-order chi connectivity index (χ1) is 25.7. The molecule has 9 rings (SSSR count). The first kappa shape index (κ1) is 34.0. The van der Waals surface area contributed by atoms with Crippen LogP contribution in [0.15, 0.2) is 48.8 Å². The summed E-state index contributed by atoms with van der Waals surface area (Å²) in [5.41, 5.74) is 6.18. The van der Waals surface area contributed by atoms with E-state index < -0.39 is 17.8 Å². The molecule has 3 saturated heterocycles. The number of H-pyrrole nitrogens is 1. The first-order valence-corrected chi connectivity index (χ1v) is 19.1. The molecule has 5 aliphatic rings. The Balaban J connectivity index is 0.784. The molecule has 2 N–H and O–H groups in total. The van der Waals surface area contributed by atoms with E-state index in [4.69, 9.17) is 11.6 Å². The summed E-state index contributed by atoms with van der Waals surface area (Å²) in [6.45, 7) is 4.21. The normalized spacial score (nSPS) is 21.5. The summed E-state index contributed by atoms with van der Waals surface area (Å²) in [5, 5.41) is 4.01. The number of pyridine rings is 1. The molecule has 2 aromatic heterocycles. The summed E-state index contributed by atoms with van der Waals surface area (Å²) in [7, 11) is 0. The Labute approximate surface area is 311 Å². The molecule has 0 spiro atoms. The number of carbonyl (C=O) groups excluding carboxylic acids is 4. The molecule has 274 valence electrons. The molecule has 4 amide bonds. The minimum atomic E-state index is -0.729. The Kier molecular flexibility index (Phi) is 8.69. The van der Waals surface area contributed by atoms with Gasteiger partial charge >= 0.3 is 0 Å². The van der Waals surface area contributed by atoms with Crippen LogP contribution in [-0.4, -0.2) is 88.7 Å². The van der Waals surface area contributed by atoms with Gasteiger partial charge in [-0.15, -0.1) is 0 Å². The van der Waals surface area contributed by atoms with E-state index in [9.17, 15) is 19.2 Å². The van der Waals surface area contributed by atoms with Crippen molar-refractivity contribution < 1.29 is 23.6 Å². The van der Waals surface area contributed by atoms with Crippen molar-refractivity contribution in [1.29, 1.82) is 0 Å². The van der Waals surface area contributed by atoms with Crippen LogP contribution in [0.25, 0.3) is 22.2 Å². The van der Waals surface area contributed by atoms with Gasteiger partial charge in [-0.25, -0.2) is 9.37 Å². The monoisotopic (exact) mass is 737 g/mol. The number of piperidine rings is 2. The molecule has 13 heteroatoms. The molecule has 6 heterocycles. The number of nitrogens with one attached hydrogen (secondary N) is 2. The van der Waals surface area contributed by atoms with E-state index in [-0.39, 0.29) is 42.7 Å². The predicted molar refractivity (Wildman–Crippen MR) is 199 cm³/mol. The smallest absolute Gasteiger partial charge is 0.255 e. The largest absolute Gasteiger partial charge is 0.369 e. The van der Waals surface area contributed by atoms with Gasteiger partial charge in [0.15, 0.2) is 0 Å². The highest BCUT2D eigenvalue weighted by atomic mass is 35.5. The molecule has 0 radical (unpaired) electrons. The maximum atomic E-state index is 15.4. The number of fused-ring (bicyclic) bond motifs is 2. The molecular formula is C40H41ClFN7O4. The van der Waals surface area contributed by atoms with Crippen molar-refractivity contribution in [2.75, 3.05) is 49.1 Å². The van der Waals surface area contributed by atoms with Gasteiger partial charge in [0.25, 0.3) is 5.91 Å². The van der Waals surface area contributed by atoms with Crippen molar-refractivity contribution in [2.45, 2.75) is 63.5 Å². The molecule has 11 nitrogen and oxygen atoms in total. The van der Waals surface area contributed by atoms with Gasteiger partial charge in [0, 0.05) is 73.7 Å². The second kappa shape index (κ2) is 13.6. The maximum Gasteiger partial charge on any atom is 0.255 e. The van der Waals surface area contributed by atoms with Crippen LogP contribution in [0.1, 0.15) is 72.3 Å². The van der Waals surface area contributed by atoms with E-state index in [0.29, 0.717) is 54.3 Å². The van der Waals surface area contributed by atoms with Crippen LogP contribution in [0.4, 0.5) is 15.8 Å². The number of nitrogens with zero attached hydrogens (tertiary/aromatic N) is 5. The van der Waals surface area contributed by atoms with Crippen molar-refractivity contribution in [3.63, 3.8) is 0 Å². The van der Waals surface area contributed by atoms with Gasteiger partial charge in [0.05, 0.1) is 17.3 Å². The number of anilines is 2. The summed E-state index contributed by atoms with van der Waals surface area (Å²) in [4.78, 5) is 66.1.